The number of halogens is 1. The number of aryl methyl sites for hydroxylation is 1. The van der Waals surface area contributed by atoms with Gasteiger partial charge in [0.15, 0.2) is 0 Å². The topological polar surface area (TPSA) is 92.8 Å². The van der Waals surface area contributed by atoms with E-state index in [-0.39, 0.29) is 27.1 Å². The Balaban J connectivity index is 0.00000280. The van der Waals surface area contributed by atoms with Gasteiger partial charge in [-0.25, -0.2) is 14.1 Å². The first kappa shape index (κ1) is 21.6. The second-order valence-electron chi connectivity index (χ2n) is 5.85. The smallest absolute Gasteiger partial charge is 0.345 e. The minimum absolute atomic E-state index is 0. The predicted molar refractivity (Wildman–Crippen MR) is 103 cm³/mol. The maximum absolute atomic E-state index is 10.7. The highest BCUT2D eigenvalue weighted by molar-refractivity contribution is 7.18. The summed E-state index contributed by atoms with van der Waals surface area (Å²) >= 11 is 0.895. The number of likely N-dealkylation sites (N-methyl/N-ethyl adjacent to an activating group) is 1. The third-order valence-electron chi connectivity index (χ3n) is 3.96. The summed E-state index contributed by atoms with van der Waals surface area (Å²) < 4.78 is 4.17. The van der Waals surface area contributed by atoms with Crippen molar-refractivity contribution >= 4 is 32.8 Å². The van der Waals surface area contributed by atoms with Crippen LogP contribution in [-0.2, 0) is 13.6 Å². The van der Waals surface area contributed by atoms with Crippen LogP contribution in [0.15, 0.2) is 59.4 Å². The van der Waals surface area contributed by atoms with Crippen LogP contribution in [-0.4, -0.2) is 27.6 Å². The fourth-order valence-electron chi connectivity index (χ4n) is 2.56. The van der Waals surface area contributed by atoms with Gasteiger partial charge in [0.05, 0.1) is 24.2 Å². The summed E-state index contributed by atoms with van der Waals surface area (Å²) in [6.45, 7) is 4.82. The van der Waals surface area contributed by atoms with E-state index in [1.54, 1.807) is 0 Å². The number of azo groups is 1. The molecule has 0 N–H and O–H groups in total. The molecule has 2 aromatic heterocycles. The van der Waals surface area contributed by atoms with Crippen LogP contribution in [0.3, 0.4) is 0 Å². The fraction of sp³-hybridized carbons (Fsp3) is 0.294. The molecule has 3 rings (SSSR count). The zero-order valence-corrected chi connectivity index (χ0v) is 17.9. The summed E-state index contributed by atoms with van der Waals surface area (Å²) in [6, 6.07) is 7.74. The van der Waals surface area contributed by atoms with Crippen molar-refractivity contribution in [2.45, 2.75) is 13.5 Å². The van der Waals surface area contributed by atoms with Crippen LogP contribution >= 0.6 is 11.3 Å². The summed E-state index contributed by atoms with van der Waals surface area (Å²) in [5.74, 6) is 0. The van der Waals surface area contributed by atoms with Gasteiger partial charge in [0, 0.05) is 12.2 Å². The number of rotatable bonds is 8. The molecule has 0 fully saturated rings. The van der Waals surface area contributed by atoms with Crippen molar-refractivity contribution in [2.24, 2.45) is 17.3 Å². The minimum Gasteiger partial charge on any atom is -1.00 e. The van der Waals surface area contributed by atoms with E-state index in [4.69, 9.17) is 0 Å². The van der Waals surface area contributed by atoms with Gasteiger partial charge in [-0.05, 0) is 42.5 Å². The second-order valence-corrected chi connectivity index (χ2v) is 6.84. The highest BCUT2D eigenvalue weighted by atomic mass is 79.9. The maximum Gasteiger partial charge on any atom is 0.345 e. The van der Waals surface area contributed by atoms with Crippen molar-refractivity contribution in [3.05, 3.63) is 59.3 Å². The van der Waals surface area contributed by atoms with Gasteiger partial charge in [-0.3, -0.25) is 10.1 Å². The third kappa shape index (κ3) is 5.67. The maximum atomic E-state index is 10.7. The van der Waals surface area contributed by atoms with Crippen LogP contribution < -0.4 is 26.4 Å². The number of anilines is 1. The molecule has 28 heavy (non-hydrogen) atoms. The average molecular weight is 466 g/mol. The summed E-state index contributed by atoms with van der Waals surface area (Å²) in [6.07, 6.45) is 7.32. The molecular weight excluding hydrogens is 446 g/mol. The number of hydrogen-bond donors (Lipinski definition) is 0. The van der Waals surface area contributed by atoms with Gasteiger partial charge in [0.2, 0.25) is 11.5 Å². The number of hydrogen-bond acceptors (Lipinski definition) is 7. The van der Waals surface area contributed by atoms with Gasteiger partial charge in [0.25, 0.3) is 0 Å². The summed E-state index contributed by atoms with van der Waals surface area (Å²) in [4.78, 5) is 16.3. The number of nitro groups is 1. The Morgan fingerprint density at radius 3 is 2.64 bits per heavy atom. The Hall–Kier alpha value is -2.66. The van der Waals surface area contributed by atoms with E-state index >= 15 is 0 Å². The number of benzene rings is 1. The van der Waals surface area contributed by atoms with E-state index in [1.807, 2.05) is 42.1 Å². The van der Waals surface area contributed by atoms with E-state index in [0.717, 1.165) is 36.7 Å². The average Bonchev–Trinajstić information content (AvgIpc) is 3.30. The molecule has 0 spiro atoms. The van der Waals surface area contributed by atoms with Gasteiger partial charge in [-0.2, -0.15) is 0 Å². The molecule has 11 heteroatoms. The molecule has 0 aliphatic carbocycles. The van der Waals surface area contributed by atoms with Gasteiger partial charge in [0.1, 0.15) is 25.1 Å². The number of nitrogens with zero attached hydrogens (tertiary/aromatic N) is 7. The third-order valence-corrected chi connectivity index (χ3v) is 4.79. The molecule has 0 saturated heterocycles. The van der Waals surface area contributed by atoms with E-state index < -0.39 is 4.92 Å². The van der Waals surface area contributed by atoms with Crippen LogP contribution in [0.1, 0.15) is 6.92 Å². The first-order chi connectivity index (χ1) is 13.0. The molecule has 0 bridgehead atoms. The van der Waals surface area contributed by atoms with Crippen LogP contribution in [0.2, 0.25) is 0 Å². The molecule has 2 heterocycles. The highest BCUT2D eigenvalue weighted by Gasteiger charge is 2.11. The van der Waals surface area contributed by atoms with E-state index in [2.05, 4.69) is 44.1 Å². The lowest BCUT2D eigenvalue weighted by atomic mass is 10.2. The van der Waals surface area contributed by atoms with Crippen LogP contribution in [0.4, 0.5) is 21.5 Å². The van der Waals surface area contributed by atoms with Gasteiger partial charge >= 0.3 is 5.00 Å². The van der Waals surface area contributed by atoms with Gasteiger partial charge < -0.3 is 21.9 Å². The lowest BCUT2D eigenvalue weighted by Crippen LogP contribution is -3.00. The quantitative estimate of drug-likeness (QED) is 0.211. The van der Waals surface area contributed by atoms with Gasteiger partial charge in [-0.15, -0.1) is 10.2 Å². The molecule has 0 unspecified atom stereocenters. The molecule has 0 aliphatic heterocycles. The lowest BCUT2D eigenvalue weighted by molar-refractivity contribution is -0.671. The normalized spacial score (nSPS) is 10.8. The molecule has 3 aromatic rings. The molecular formula is C17H20BrN7O2S. The van der Waals surface area contributed by atoms with Crippen LogP contribution in [0, 0.1) is 10.1 Å². The monoisotopic (exact) mass is 465 g/mol. The van der Waals surface area contributed by atoms with Crippen molar-refractivity contribution in [1.82, 2.24) is 9.55 Å². The molecule has 1 aromatic carbocycles. The first-order valence-corrected chi connectivity index (χ1v) is 9.25. The summed E-state index contributed by atoms with van der Waals surface area (Å²) in [7, 11) is 2.01. The Morgan fingerprint density at radius 1 is 1.32 bits per heavy atom. The minimum atomic E-state index is -0.488. The van der Waals surface area contributed by atoms with Crippen molar-refractivity contribution in [3.8, 4) is 0 Å². The van der Waals surface area contributed by atoms with Crippen molar-refractivity contribution in [1.29, 1.82) is 0 Å². The van der Waals surface area contributed by atoms with E-state index in [1.165, 1.54) is 6.20 Å². The Bertz CT molecular complexity index is 939. The Kier molecular flexibility index (Phi) is 7.76. The van der Waals surface area contributed by atoms with E-state index in [9.17, 15) is 10.1 Å². The summed E-state index contributed by atoms with van der Waals surface area (Å²) in [5.41, 5.74) is 1.78. The van der Waals surface area contributed by atoms with E-state index in [0.29, 0.717) is 5.69 Å². The second kappa shape index (κ2) is 10.0. The molecule has 0 atom stereocenters. The standard InChI is InChI=1S/C17H20N7O2S.BrH/c1-3-23(11-10-22-9-8-21(2)13-22)15-6-4-14(5-7-15)19-20-17-18-12-16(27-17)24(25)26;/h4-9,12-13H,3,10-11H2,1-2H3;1H/q+1;/p-1/b20-19+;. The van der Waals surface area contributed by atoms with Crippen molar-refractivity contribution in [2.75, 3.05) is 18.0 Å². The Morgan fingerprint density at radius 2 is 2.07 bits per heavy atom. The van der Waals surface area contributed by atoms with Crippen LogP contribution in [0.5, 0.6) is 0 Å². The fourth-order valence-corrected chi connectivity index (χ4v) is 3.11. The highest BCUT2D eigenvalue weighted by Crippen LogP contribution is 2.29. The number of thiazole rings is 1. The zero-order valence-electron chi connectivity index (χ0n) is 15.5. The lowest BCUT2D eigenvalue weighted by Gasteiger charge is -2.22. The molecule has 0 amide bonds. The molecule has 0 aliphatic rings. The Labute approximate surface area is 176 Å². The van der Waals surface area contributed by atoms with Crippen molar-refractivity contribution < 1.29 is 26.5 Å². The SMILES string of the molecule is CCN(CCn1cc[n+](C)c1)c1ccc(/N=N/c2ncc([N+](=O)[O-])s2)cc1.[Br-]. The largest absolute Gasteiger partial charge is 1.00 e. The van der Waals surface area contributed by atoms with Gasteiger partial charge in [-0.1, -0.05) is 0 Å². The molecule has 9 nitrogen and oxygen atoms in total. The number of aromatic nitrogens is 3. The van der Waals surface area contributed by atoms with Crippen molar-refractivity contribution in [3.63, 3.8) is 0 Å². The zero-order chi connectivity index (χ0) is 19.2. The van der Waals surface area contributed by atoms with Crippen LogP contribution in [0.25, 0.3) is 0 Å². The molecule has 0 radical (unpaired) electrons. The molecule has 0 saturated carbocycles. The number of imidazole rings is 1. The first-order valence-electron chi connectivity index (χ1n) is 8.43. The molecule has 148 valence electrons. The predicted octanol–water partition coefficient (Wildman–Crippen LogP) is 0.623. The summed E-state index contributed by atoms with van der Waals surface area (Å²) in [5, 5.41) is 18.9.